The maximum absolute atomic E-state index is 5.68. The van der Waals surface area contributed by atoms with Gasteiger partial charge in [0.2, 0.25) is 0 Å². The second kappa shape index (κ2) is 4.39. The minimum absolute atomic E-state index is 0.278. The zero-order valence-corrected chi connectivity index (χ0v) is 8.57. The first-order valence-electron chi connectivity index (χ1n) is 4.57. The maximum atomic E-state index is 5.68. The highest BCUT2D eigenvalue weighted by Crippen LogP contribution is 2.15. The fourth-order valence-electron chi connectivity index (χ4n) is 1.37. The van der Waals surface area contributed by atoms with Gasteiger partial charge in [-0.05, 0) is 21.0 Å². The van der Waals surface area contributed by atoms with Crippen LogP contribution in [0, 0.1) is 0 Å². The van der Waals surface area contributed by atoms with Crippen LogP contribution in [-0.2, 0) is 6.54 Å². The number of hydrogen-bond acceptors (Lipinski definition) is 3. The van der Waals surface area contributed by atoms with Crippen LogP contribution in [0.5, 0.6) is 0 Å². The predicted molar refractivity (Wildman–Crippen MR) is 53.4 cm³/mol. The third kappa shape index (κ3) is 2.29. The summed E-state index contributed by atoms with van der Waals surface area (Å²) in [6.07, 6.45) is 3.94. The van der Waals surface area contributed by atoms with Crippen LogP contribution in [0.15, 0.2) is 12.4 Å². The van der Waals surface area contributed by atoms with Gasteiger partial charge in [0.05, 0.1) is 6.20 Å². The molecule has 0 bridgehead atoms. The zero-order chi connectivity index (χ0) is 9.84. The summed E-state index contributed by atoms with van der Waals surface area (Å²) in [6.45, 7) is 3.61. The van der Waals surface area contributed by atoms with E-state index in [9.17, 15) is 0 Å². The molecule has 1 rings (SSSR count). The molecule has 0 fully saturated rings. The number of aryl methyl sites for hydroxylation is 1. The summed E-state index contributed by atoms with van der Waals surface area (Å²) in [7, 11) is 4.06. The molecule has 0 spiro atoms. The van der Waals surface area contributed by atoms with E-state index in [-0.39, 0.29) is 6.04 Å². The minimum atomic E-state index is 0.278. The van der Waals surface area contributed by atoms with E-state index >= 15 is 0 Å². The Balaban J connectivity index is 2.79. The van der Waals surface area contributed by atoms with E-state index in [1.54, 1.807) is 0 Å². The molecule has 0 saturated heterocycles. The lowest BCUT2D eigenvalue weighted by molar-refractivity contribution is 0.306. The summed E-state index contributed by atoms with van der Waals surface area (Å²) in [4.78, 5) is 2.11. The zero-order valence-electron chi connectivity index (χ0n) is 8.57. The van der Waals surface area contributed by atoms with E-state index in [1.165, 1.54) is 5.56 Å². The second-order valence-electron chi connectivity index (χ2n) is 3.34. The molecule has 0 aromatic carbocycles. The molecule has 13 heavy (non-hydrogen) atoms. The molecular weight excluding hydrogens is 164 g/mol. The molecule has 0 amide bonds. The van der Waals surface area contributed by atoms with E-state index in [1.807, 2.05) is 25.0 Å². The lowest BCUT2D eigenvalue weighted by atomic mass is 10.1. The van der Waals surface area contributed by atoms with Gasteiger partial charge in [-0.25, -0.2) is 0 Å². The van der Waals surface area contributed by atoms with E-state index in [4.69, 9.17) is 5.73 Å². The SMILES string of the molecule is CCn1cc(C(CN)N(C)C)cn1. The smallest absolute Gasteiger partial charge is 0.0538 e. The number of rotatable bonds is 4. The monoisotopic (exact) mass is 182 g/mol. The van der Waals surface area contributed by atoms with E-state index in [2.05, 4.69) is 23.1 Å². The Labute approximate surface area is 79.3 Å². The first-order chi connectivity index (χ1) is 6.19. The average molecular weight is 182 g/mol. The molecule has 1 heterocycles. The highest BCUT2D eigenvalue weighted by atomic mass is 15.3. The van der Waals surface area contributed by atoms with Gasteiger partial charge in [-0.15, -0.1) is 0 Å². The van der Waals surface area contributed by atoms with Gasteiger partial charge in [-0.3, -0.25) is 4.68 Å². The van der Waals surface area contributed by atoms with Gasteiger partial charge in [0, 0.05) is 30.9 Å². The van der Waals surface area contributed by atoms with Gasteiger partial charge >= 0.3 is 0 Å². The van der Waals surface area contributed by atoms with Crippen molar-refractivity contribution in [1.29, 1.82) is 0 Å². The second-order valence-corrected chi connectivity index (χ2v) is 3.34. The molecule has 0 aliphatic rings. The Bertz CT molecular complexity index is 254. The van der Waals surface area contributed by atoms with Crippen LogP contribution >= 0.6 is 0 Å². The van der Waals surface area contributed by atoms with Crippen LogP contribution in [0.2, 0.25) is 0 Å². The van der Waals surface area contributed by atoms with Crippen LogP contribution in [0.25, 0.3) is 0 Å². The van der Waals surface area contributed by atoms with Crippen molar-refractivity contribution in [2.24, 2.45) is 5.73 Å². The number of nitrogens with two attached hydrogens (primary N) is 1. The predicted octanol–water partition coefficient (Wildman–Crippen LogP) is 0.464. The quantitative estimate of drug-likeness (QED) is 0.736. The maximum Gasteiger partial charge on any atom is 0.0538 e. The molecule has 1 unspecified atom stereocenters. The number of aromatic nitrogens is 2. The molecule has 0 saturated carbocycles. The normalized spacial score (nSPS) is 13.6. The summed E-state index contributed by atoms with van der Waals surface area (Å²) in [5.41, 5.74) is 6.87. The molecule has 1 aromatic rings. The van der Waals surface area contributed by atoms with Gasteiger partial charge in [-0.1, -0.05) is 0 Å². The first kappa shape index (κ1) is 10.2. The number of hydrogen-bond donors (Lipinski definition) is 1. The van der Waals surface area contributed by atoms with Crippen LogP contribution in [0.4, 0.5) is 0 Å². The highest BCUT2D eigenvalue weighted by molar-refractivity contribution is 5.10. The van der Waals surface area contributed by atoms with Gasteiger partial charge in [-0.2, -0.15) is 5.10 Å². The molecule has 0 aliphatic heterocycles. The lowest BCUT2D eigenvalue weighted by Crippen LogP contribution is -2.26. The minimum Gasteiger partial charge on any atom is -0.329 e. The summed E-state index contributed by atoms with van der Waals surface area (Å²) < 4.78 is 1.92. The largest absolute Gasteiger partial charge is 0.329 e. The highest BCUT2D eigenvalue weighted by Gasteiger charge is 2.13. The Hall–Kier alpha value is -0.870. The van der Waals surface area contributed by atoms with Crippen LogP contribution in [0.3, 0.4) is 0 Å². The van der Waals surface area contributed by atoms with Crippen molar-refractivity contribution in [3.8, 4) is 0 Å². The molecular formula is C9H18N4. The summed E-state index contributed by atoms with van der Waals surface area (Å²) in [6, 6.07) is 0.278. The lowest BCUT2D eigenvalue weighted by Gasteiger charge is -2.20. The third-order valence-corrected chi connectivity index (χ3v) is 2.21. The summed E-state index contributed by atoms with van der Waals surface area (Å²) >= 11 is 0. The number of nitrogens with zero attached hydrogens (tertiary/aromatic N) is 3. The fourth-order valence-corrected chi connectivity index (χ4v) is 1.37. The topological polar surface area (TPSA) is 47.1 Å². The standard InChI is InChI=1S/C9H18N4/c1-4-13-7-8(6-11-13)9(5-10)12(2)3/h6-7,9H,4-5,10H2,1-3H3. The fraction of sp³-hybridized carbons (Fsp3) is 0.667. The Morgan fingerprint density at radius 3 is 2.69 bits per heavy atom. The summed E-state index contributed by atoms with van der Waals surface area (Å²) in [5, 5.41) is 4.22. The Morgan fingerprint density at radius 2 is 2.31 bits per heavy atom. The third-order valence-electron chi connectivity index (χ3n) is 2.21. The van der Waals surface area contributed by atoms with Crippen molar-refractivity contribution in [2.75, 3.05) is 20.6 Å². The van der Waals surface area contributed by atoms with E-state index in [0.29, 0.717) is 6.54 Å². The average Bonchev–Trinajstić information content (AvgIpc) is 2.53. The number of likely N-dealkylation sites (N-methyl/N-ethyl adjacent to an activating group) is 1. The van der Waals surface area contributed by atoms with Gasteiger partial charge in [0.25, 0.3) is 0 Å². The molecule has 0 radical (unpaired) electrons. The molecule has 4 nitrogen and oxygen atoms in total. The van der Waals surface area contributed by atoms with Crippen molar-refractivity contribution in [2.45, 2.75) is 19.5 Å². The Morgan fingerprint density at radius 1 is 1.62 bits per heavy atom. The van der Waals surface area contributed by atoms with Gasteiger partial charge in [0.1, 0.15) is 0 Å². The van der Waals surface area contributed by atoms with Gasteiger partial charge < -0.3 is 10.6 Å². The van der Waals surface area contributed by atoms with Crippen molar-refractivity contribution in [1.82, 2.24) is 14.7 Å². The molecule has 1 atom stereocenters. The van der Waals surface area contributed by atoms with Crippen LogP contribution in [-0.4, -0.2) is 35.3 Å². The van der Waals surface area contributed by atoms with E-state index < -0.39 is 0 Å². The van der Waals surface area contributed by atoms with Crippen molar-refractivity contribution in [3.05, 3.63) is 18.0 Å². The molecule has 2 N–H and O–H groups in total. The first-order valence-corrected chi connectivity index (χ1v) is 4.57. The van der Waals surface area contributed by atoms with Crippen molar-refractivity contribution >= 4 is 0 Å². The Kier molecular flexibility index (Phi) is 3.45. The van der Waals surface area contributed by atoms with Gasteiger partial charge in [0.15, 0.2) is 0 Å². The summed E-state index contributed by atoms with van der Waals surface area (Å²) in [5.74, 6) is 0. The molecule has 1 aromatic heterocycles. The van der Waals surface area contributed by atoms with Crippen molar-refractivity contribution < 1.29 is 0 Å². The molecule has 74 valence electrons. The molecule has 0 aliphatic carbocycles. The van der Waals surface area contributed by atoms with Crippen LogP contribution in [0.1, 0.15) is 18.5 Å². The van der Waals surface area contributed by atoms with Crippen molar-refractivity contribution in [3.63, 3.8) is 0 Å². The van der Waals surface area contributed by atoms with E-state index in [0.717, 1.165) is 6.54 Å². The molecule has 4 heteroatoms. The van der Waals surface area contributed by atoms with Crippen LogP contribution < -0.4 is 5.73 Å².